The van der Waals surface area contributed by atoms with Crippen LogP contribution < -0.4 is 4.90 Å². The number of amides is 1. The molecule has 134 valence electrons. The first-order chi connectivity index (χ1) is 11.9. The maximum absolute atomic E-state index is 12.4. The van der Waals surface area contributed by atoms with Crippen LogP contribution in [-0.2, 0) is 4.79 Å². The zero-order valence-corrected chi connectivity index (χ0v) is 15.7. The number of rotatable bonds is 3. The Hall–Kier alpha value is -2.17. The van der Waals surface area contributed by atoms with Crippen molar-refractivity contribution in [3.63, 3.8) is 0 Å². The van der Waals surface area contributed by atoms with Crippen LogP contribution in [-0.4, -0.2) is 47.5 Å². The Morgan fingerprint density at radius 2 is 1.88 bits per heavy atom. The quantitative estimate of drug-likeness (QED) is 0.860. The third-order valence-electron chi connectivity index (χ3n) is 4.96. The molecule has 1 aliphatic rings. The lowest BCUT2D eigenvalue weighted by Gasteiger charge is -2.36. The molecule has 2 aromatic rings. The summed E-state index contributed by atoms with van der Waals surface area (Å²) in [4.78, 5) is 25.5. The van der Waals surface area contributed by atoms with Gasteiger partial charge in [-0.05, 0) is 30.9 Å². The van der Waals surface area contributed by atoms with Gasteiger partial charge < -0.3 is 9.80 Å². The molecule has 1 aliphatic heterocycles. The summed E-state index contributed by atoms with van der Waals surface area (Å²) in [6.45, 7) is 8.73. The Bertz CT molecular complexity index is 739. The highest BCUT2D eigenvalue weighted by Gasteiger charge is 2.28. The molecule has 2 heterocycles. The molecule has 1 saturated heterocycles. The Balaban J connectivity index is 1.63. The summed E-state index contributed by atoms with van der Waals surface area (Å²) in [5.74, 6) is 1.81. The number of piperidine rings is 1. The van der Waals surface area contributed by atoms with Gasteiger partial charge in [0.2, 0.25) is 5.91 Å². The lowest BCUT2D eigenvalue weighted by molar-refractivity contribution is -0.138. The van der Waals surface area contributed by atoms with Gasteiger partial charge in [-0.3, -0.25) is 4.79 Å². The predicted octanol–water partition coefficient (Wildman–Crippen LogP) is 3.35. The molecule has 1 fully saturated rings. The molecule has 5 heteroatoms. The standard InChI is InChI=1S/C20H28N4O/c1-20(2,3)19(25)23(4)13-15-9-11-24(12-10-15)18-16-7-5-6-8-17(16)21-14-22-18/h5-8,14-15H,9-13H2,1-4H3. The Morgan fingerprint density at radius 1 is 1.20 bits per heavy atom. The summed E-state index contributed by atoms with van der Waals surface area (Å²) >= 11 is 0. The topological polar surface area (TPSA) is 49.3 Å². The minimum Gasteiger partial charge on any atom is -0.356 e. The zero-order valence-electron chi connectivity index (χ0n) is 15.7. The Kier molecular flexibility index (Phi) is 4.93. The molecule has 0 radical (unpaired) electrons. The number of aromatic nitrogens is 2. The van der Waals surface area contributed by atoms with Crippen LogP contribution in [0.5, 0.6) is 0 Å². The number of nitrogens with zero attached hydrogens (tertiary/aromatic N) is 4. The second-order valence-electron chi connectivity index (χ2n) is 8.08. The SMILES string of the molecule is CN(CC1CCN(c2ncnc3ccccc23)CC1)C(=O)C(C)(C)C. The maximum Gasteiger partial charge on any atom is 0.227 e. The largest absolute Gasteiger partial charge is 0.356 e. The monoisotopic (exact) mass is 340 g/mol. The van der Waals surface area contributed by atoms with Crippen molar-refractivity contribution in [3.8, 4) is 0 Å². The zero-order chi connectivity index (χ0) is 18.0. The highest BCUT2D eigenvalue weighted by Crippen LogP contribution is 2.28. The van der Waals surface area contributed by atoms with Crippen molar-refractivity contribution in [1.29, 1.82) is 0 Å². The predicted molar refractivity (Wildman–Crippen MR) is 102 cm³/mol. The van der Waals surface area contributed by atoms with Crippen LogP contribution in [0.2, 0.25) is 0 Å². The third kappa shape index (κ3) is 3.91. The van der Waals surface area contributed by atoms with E-state index >= 15 is 0 Å². The number of hydrogen-bond acceptors (Lipinski definition) is 4. The smallest absolute Gasteiger partial charge is 0.227 e. The molecular formula is C20H28N4O. The number of fused-ring (bicyclic) bond motifs is 1. The third-order valence-corrected chi connectivity index (χ3v) is 4.96. The summed E-state index contributed by atoms with van der Waals surface area (Å²) < 4.78 is 0. The van der Waals surface area contributed by atoms with Crippen LogP contribution in [0.3, 0.4) is 0 Å². The molecule has 0 unspecified atom stereocenters. The van der Waals surface area contributed by atoms with Crippen molar-refractivity contribution in [2.24, 2.45) is 11.3 Å². The lowest BCUT2D eigenvalue weighted by Crippen LogP contribution is -2.43. The molecule has 0 bridgehead atoms. The first kappa shape index (κ1) is 17.6. The summed E-state index contributed by atoms with van der Waals surface area (Å²) in [5.41, 5.74) is 0.681. The normalized spacial score (nSPS) is 16.2. The van der Waals surface area contributed by atoms with Gasteiger partial charge in [0.15, 0.2) is 0 Å². The molecule has 5 nitrogen and oxygen atoms in total. The van der Waals surface area contributed by atoms with E-state index in [4.69, 9.17) is 0 Å². The van der Waals surface area contributed by atoms with E-state index in [0.29, 0.717) is 5.92 Å². The number of carbonyl (C=O) groups excluding carboxylic acids is 1. The number of anilines is 1. The van der Waals surface area contributed by atoms with Crippen LogP contribution >= 0.6 is 0 Å². The highest BCUT2D eigenvalue weighted by atomic mass is 16.2. The van der Waals surface area contributed by atoms with Crippen LogP contribution in [0.25, 0.3) is 10.9 Å². The fourth-order valence-electron chi connectivity index (χ4n) is 3.61. The molecule has 0 spiro atoms. The van der Waals surface area contributed by atoms with Gasteiger partial charge in [0.05, 0.1) is 5.52 Å². The number of carbonyl (C=O) groups is 1. The average molecular weight is 340 g/mol. The van der Waals surface area contributed by atoms with Crippen molar-refractivity contribution in [2.45, 2.75) is 33.6 Å². The van der Waals surface area contributed by atoms with Crippen LogP contribution in [0.1, 0.15) is 33.6 Å². The van der Waals surface area contributed by atoms with Crippen molar-refractivity contribution >= 4 is 22.6 Å². The van der Waals surface area contributed by atoms with Crippen LogP contribution in [0, 0.1) is 11.3 Å². The van der Waals surface area contributed by atoms with Gasteiger partial charge >= 0.3 is 0 Å². The number of benzene rings is 1. The van der Waals surface area contributed by atoms with Gasteiger partial charge in [-0.15, -0.1) is 0 Å². The van der Waals surface area contributed by atoms with Crippen LogP contribution in [0.15, 0.2) is 30.6 Å². The average Bonchev–Trinajstić information content (AvgIpc) is 2.60. The first-order valence-electron chi connectivity index (χ1n) is 9.06. The summed E-state index contributed by atoms with van der Waals surface area (Å²) in [6.07, 6.45) is 3.82. The molecule has 0 saturated carbocycles. The first-order valence-corrected chi connectivity index (χ1v) is 9.06. The molecule has 3 rings (SSSR count). The molecule has 1 aromatic carbocycles. The van der Waals surface area contributed by atoms with E-state index in [1.165, 1.54) is 0 Å². The molecule has 0 N–H and O–H groups in total. The maximum atomic E-state index is 12.4. The van der Waals surface area contributed by atoms with Crippen molar-refractivity contribution in [1.82, 2.24) is 14.9 Å². The summed E-state index contributed by atoms with van der Waals surface area (Å²) in [5, 5.41) is 1.11. The molecule has 0 aliphatic carbocycles. The molecule has 25 heavy (non-hydrogen) atoms. The van der Waals surface area contributed by atoms with Gasteiger partial charge in [-0.1, -0.05) is 32.9 Å². The second kappa shape index (κ2) is 6.98. The van der Waals surface area contributed by atoms with Crippen molar-refractivity contribution in [3.05, 3.63) is 30.6 Å². The molecule has 1 aromatic heterocycles. The lowest BCUT2D eigenvalue weighted by atomic mass is 9.92. The Labute approximate surface area is 150 Å². The van der Waals surface area contributed by atoms with E-state index in [-0.39, 0.29) is 11.3 Å². The summed E-state index contributed by atoms with van der Waals surface area (Å²) in [7, 11) is 1.93. The minimum atomic E-state index is -0.310. The van der Waals surface area contributed by atoms with Crippen molar-refractivity contribution in [2.75, 3.05) is 31.6 Å². The van der Waals surface area contributed by atoms with E-state index in [1.807, 2.05) is 50.9 Å². The molecule has 0 atom stereocenters. The molecular weight excluding hydrogens is 312 g/mol. The van der Waals surface area contributed by atoms with E-state index in [0.717, 1.165) is 49.2 Å². The van der Waals surface area contributed by atoms with Gasteiger partial charge in [-0.25, -0.2) is 9.97 Å². The van der Waals surface area contributed by atoms with Gasteiger partial charge in [0.25, 0.3) is 0 Å². The van der Waals surface area contributed by atoms with Gasteiger partial charge in [0.1, 0.15) is 12.1 Å². The van der Waals surface area contributed by atoms with E-state index in [1.54, 1.807) is 6.33 Å². The van der Waals surface area contributed by atoms with Gasteiger partial charge in [-0.2, -0.15) is 0 Å². The minimum absolute atomic E-state index is 0.219. The number of para-hydroxylation sites is 1. The van der Waals surface area contributed by atoms with E-state index in [9.17, 15) is 4.79 Å². The summed E-state index contributed by atoms with van der Waals surface area (Å²) in [6, 6.07) is 8.16. The number of hydrogen-bond donors (Lipinski definition) is 0. The fraction of sp³-hybridized carbons (Fsp3) is 0.550. The Morgan fingerprint density at radius 3 is 2.56 bits per heavy atom. The van der Waals surface area contributed by atoms with Crippen LogP contribution in [0.4, 0.5) is 5.82 Å². The molecule has 1 amide bonds. The van der Waals surface area contributed by atoms with E-state index in [2.05, 4.69) is 20.9 Å². The fourth-order valence-corrected chi connectivity index (χ4v) is 3.61. The van der Waals surface area contributed by atoms with Crippen molar-refractivity contribution < 1.29 is 4.79 Å². The highest BCUT2D eigenvalue weighted by molar-refractivity contribution is 5.89. The second-order valence-corrected chi connectivity index (χ2v) is 8.08. The van der Waals surface area contributed by atoms with E-state index < -0.39 is 0 Å². The van der Waals surface area contributed by atoms with Gasteiger partial charge in [0, 0.05) is 37.5 Å².